The van der Waals surface area contributed by atoms with Gasteiger partial charge in [-0.3, -0.25) is 25.0 Å². The number of non-ortho nitro benzene ring substituents is 2. The van der Waals surface area contributed by atoms with Gasteiger partial charge in [0.1, 0.15) is 18.0 Å². The zero-order valence-corrected chi connectivity index (χ0v) is 15.1. The Labute approximate surface area is 159 Å². The second-order valence-electron chi connectivity index (χ2n) is 6.64. The molecule has 2 aromatic rings. The van der Waals surface area contributed by atoms with Gasteiger partial charge >= 0.3 is 0 Å². The number of anilines is 2. The minimum atomic E-state index is -0.788. The molecule has 146 valence electrons. The van der Waals surface area contributed by atoms with Gasteiger partial charge in [0.15, 0.2) is 0 Å². The Morgan fingerprint density at radius 2 is 1.68 bits per heavy atom. The second-order valence-corrected chi connectivity index (χ2v) is 6.64. The number of amides is 1. The van der Waals surface area contributed by atoms with E-state index >= 15 is 0 Å². The Hall–Kier alpha value is -3.63. The van der Waals surface area contributed by atoms with Gasteiger partial charge in [0.2, 0.25) is 0 Å². The fourth-order valence-corrected chi connectivity index (χ4v) is 2.95. The summed E-state index contributed by atoms with van der Waals surface area (Å²) in [5.74, 6) is 0.802. The highest BCUT2D eigenvalue weighted by atomic mass is 16.6. The van der Waals surface area contributed by atoms with Crippen molar-refractivity contribution in [1.82, 2.24) is 9.97 Å². The maximum atomic E-state index is 12.5. The van der Waals surface area contributed by atoms with Crippen LogP contribution in [0.4, 0.5) is 23.0 Å². The minimum Gasteiger partial charge on any atom is -0.356 e. The molecule has 1 saturated heterocycles. The first-order valence-corrected chi connectivity index (χ1v) is 8.65. The van der Waals surface area contributed by atoms with Crippen LogP contribution in [0, 0.1) is 26.1 Å². The molecule has 1 amide bonds. The van der Waals surface area contributed by atoms with Crippen molar-refractivity contribution in [2.75, 3.05) is 23.3 Å². The Morgan fingerprint density at radius 3 is 2.25 bits per heavy atom. The van der Waals surface area contributed by atoms with Crippen LogP contribution in [0.25, 0.3) is 0 Å². The average molecular weight is 386 g/mol. The molecular weight excluding hydrogens is 368 g/mol. The maximum Gasteiger partial charge on any atom is 0.277 e. The first-order chi connectivity index (χ1) is 13.3. The van der Waals surface area contributed by atoms with Crippen molar-refractivity contribution in [3.05, 3.63) is 56.4 Å². The topological polar surface area (TPSA) is 144 Å². The van der Waals surface area contributed by atoms with E-state index < -0.39 is 27.1 Å². The van der Waals surface area contributed by atoms with E-state index in [1.807, 2.05) is 0 Å². The molecule has 0 spiro atoms. The smallest absolute Gasteiger partial charge is 0.277 e. The summed E-state index contributed by atoms with van der Waals surface area (Å²) in [5, 5.41) is 24.5. The summed E-state index contributed by atoms with van der Waals surface area (Å²) in [6.07, 6.45) is 3.41. The summed E-state index contributed by atoms with van der Waals surface area (Å²) < 4.78 is 0. The first-order valence-electron chi connectivity index (χ1n) is 8.65. The summed E-state index contributed by atoms with van der Waals surface area (Å²) in [7, 11) is 0. The number of carbonyl (C=O) groups excluding carboxylic acids is 1. The van der Waals surface area contributed by atoms with Crippen molar-refractivity contribution in [1.29, 1.82) is 0 Å². The summed E-state index contributed by atoms with van der Waals surface area (Å²) in [4.78, 5) is 43.2. The molecule has 0 radical (unpaired) electrons. The van der Waals surface area contributed by atoms with Gasteiger partial charge in [-0.25, -0.2) is 9.97 Å². The van der Waals surface area contributed by atoms with Crippen LogP contribution in [0.2, 0.25) is 0 Å². The highest BCUT2D eigenvalue weighted by Crippen LogP contribution is 2.25. The number of nitrogens with zero attached hydrogens (tertiary/aromatic N) is 5. The zero-order chi connectivity index (χ0) is 20.3. The van der Waals surface area contributed by atoms with Gasteiger partial charge in [0.25, 0.3) is 17.3 Å². The molecule has 3 rings (SSSR count). The number of benzene rings is 1. The van der Waals surface area contributed by atoms with Crippen LogP contribution in [0.1, 0.15) is 30.1 Å². The molecule has 1 N–H and O–H groups in total. The molecule has 1 aromatic carbocycles. The molecule has 0 bridgehead atoms. The lowest BCUT2D eigenvalue weighted by Gasteiger charge is -2.31. The quantitative estimate of drug-likeness (QED) is 0.610. The molecule has 1 aromatic heterocycles. The summed E-state index contributed by atoms with van der Waals surface area (Å²) in [6, 6.07) is 4.38. The van der Waals surface area contributed by atoms with Gasteiger partial charge in [-0.2, -0.15) is 0 Å². The van der Waals surface area contributed by atoms with Crippen molar-refractivity contribution < 1.29 is 14.6 Å². The zero-order valence-electron chi connectivity index (χ0n) is 15.1. The van der Waals surface area contributed by atoms with Crippen LogP contribution < -0.4 is 10.2 Å². The lowest BCUT2D eigenvalue weighted by Crippen LogP contribution is -2.33. The fraction of sp³-hybridized carbons (Fsp3) is 0.353. The van der Waals surface area contributed by atoms with Crippen molar-refractivity contribution >= 4 is 28.9 Å². The molecule has 2 heterocycles. The molecule has 0 atom stereocenters. The predicted octanol–water partition coefficient (Wildman–Crippen LogP) is 2.78. The molecule has 1 fully saturated rings. The first kappa shape index (κ1) is 19.1. The van der Waals surface area contributed by atoms with Crippen molar-refractivity contribution in [3.8, 4) is 0 Å². The molecule has 1 aliphatic heterocycles. The van der Waals surface area contributed by atoms with Crippen LogP contribution in [0.3, 0.4) is 0 Å². The average Bonchev–Trinajstić information content (AvgIpc) is 2.68. The predicted molar refractivity (Wildman–Crippen MR) is 100 cm³/mol. The Kier molecular flexibility index (Phi) is 5.43. The highest BCUT2D eigenvalue weighted by molar-refractivity contribution is 6.04. The second kappa shape index (κ2) is 7.94. The number of hydrogen-bond acceptors (Lipinski definition) is 8. The lowest BCUT2D eigenvalue weighted by atomic mass is 9.99. The van der Waals surface area contributed by atoms with Crippen molar-refractivity contribution in [2.24, 2.45) is 5.92 Å². The van der Waals surface area contributed by atoms with E-state index in [-0.39, 0.29) is 11.4 Å². The molecule has 0 aliphatic carbocycles. The standard InChI is InChI=1S/C17H18N6O5/c1-11-2-4-21(5-3-11)16-9-15(18-10-19-16)20-17(24)12-6-13(22(25)26)8-14(7-12)23(27)28/h6-11H,2-5H2,1H3,(H,18,19,20,24). The number of aromatic nitrogens is 2. The summed E-state index contributed by atoms with van der Waals surface area (Å²) in [5.41, 5.74) is -1.27. The molecular formula is C17H18N6O5. The maximum absolute atomic E-state index is 12.5. The van der Waals surface area contributed by atoms with E-state index in [9.17, 15) is 25.0 Å². The monoisotopic (exact) mass is 386 g/mol. The fourth-order valence-electron chi connectivity index (χ4n) is 2.95. The molecule has 11 heteroatoms. The van der Waals surface area contributed by atoms with E-state index in [4.69, 9.17) is 0 Å². The Balaban J connectivity index is 1.80. The molecule has 1 aliphatic rings. The molecule has 11 nitrogen and oxygen atoms in total. The Bertz CT molecular complexity index is 894. The van der Waals surface area contributed by atoms with Crippen LogP contribution in [-0.2, 0) is 0 Å². The number of nitro benzene ring substituents is 2. The van der Waals surface area contributed by atoms with E-state index in [1.165, 1.54) is 6.33 Å². The molecule has 0 unspecified atom stereocenters. The van der Waals surface area contributed by atoms with Gasteiger partial charge in [0, 0.05) is 31.3 Å². The number of carbonyl (C=O) groups is 1. The number of nitrogens with one attached hydrogen (secondary N) is 1. The van der Waals surface area contributed by atoms with Gasteiger partial charge in [-0.05, 0) is 18.8 Å². The number of nitro groups is 2. The summed E-state index contributed by atoms with van der Waals surface area (Å²) in [6.45, 7) is 3.90. The number of piperidine rings is 1. The van der Waals surface area contributed by atoms with E-state index in [0.29, 0.717) is 11.7 Å². The molecule has 0 saturated carbocycles. The minimum absolute atomic E-state index is 0.201. The van der Waals surface area contributed by atoms with Crippen LogP contribution in [0.15, 0.2) is 30.6 Å². The Morgan fingerprint density at radius 1 is 1.07 bits per heavy atom. The normalized spacial score (nSPS) is 14.5. The van der Waals surface area contributed by atoms with Crippen molar-refractivity contribution in [2.45, 2.75) is 19.8 Å². The highest BCUT2D eigenvalue weighted by Gasteiger charge is 2.21. The third-order valence-corrected chi connectivity index (χ3v) is 4.59. The van der Waals surface area contributed by atoms with E-state index in [0.717, 1.165) is 44.1 Å². The van der Waals surface area contributed by atoms with Crippen LogP contribution in [0.5, 0.6) is 0 Å². The SMILES string of the molecule is CC1CCN(c2cc(NC(=O)c3cc([N+](=O)[O-])cc([N+](=O)[O-])c3)ncn2)CC1. The van der Waals surface area contributed by atoms with Gasteiger partial charge < -0.3 is 10.2 Å². The van der Waals surface area contributed by atoms with Gasteiger partial charge in [-0.15, -0.1) is 0 Å². The molecule has 28 heavy (non-hydrogen) atoms. The lowest BCUT2D eigenvalue weighted by molar-refractivity contribution is -0.394. The number of hydrogen-bond donors (Lipinski definition) is 1. The largest absolute Gasteiger partial charge is 0.356 e. The van der Waals surface area contributed by atoms with Crippen LogP contribution in [-0.4, -0.2) is 38.8 Å². The van der Waals surface area contributed by atoms with Crippen molar-refractivity contribution in [3.63, 3.8) is 0 Å². The van der Waals surface area contributed by atoms with E-state index in [2.05, 4.69) is 27.1 Å². The van der Waals surface area contributed by atoms with Gasteiger partial charge in [-0.1, -0.05) is 6.92 Å². The third kappa shape index (κ3) is 4.37. The third-order valence-electron chi connectivity index (χ3n) is 4.59. The van der Waals surface area contributed by atoms with Gasteiger partial charge in [0.05, 0.1) is 21.5 Å². The van der Waals surface area contributed by atoms with Crippen LogP contribution >= 0.6 is 0 Å². The summed E-state index contributed by atoms with van der Waals surface area (Å²) >= 11 is 0. The van der Waals surface area contributed by atoms with E-state index in [1.54, 1.807) is 6.07 Å². The number of rotatable bonds is 5.